The summed E-state index contributed by atoms with van der Waals surface area (Å²) in [4.78, 5) is 0. The highest BCUT2D eigenvalue weighted by Gasteiger charge is 2.31. The van der Waals surface area contributed by atoms with Crippen molar-refractivity contribution in [3.05, 3.63) is 35.9 Å². The fraction of sp³-hybridized carbons (Fsp3) is 0.455. The van der Waals surface area contributed by atoms with Gasteiger partial charge < -0.3 is 9.87 Å². The molecule has 1 unspecified atom stereocenters. The lowest BCUT2D eigenvalue weighted by atomic mass is 10.0. The molecule has 4 nitrogen and oxygen atoms in total. The van der Waals surface area contributed by atoms with E-state index in [-0.39, 0.29) is 13.0 Å². The highest BCUT2D eigenvalue weighted by molar-refractivity contribution is 7.87. The molecule has 1 atom stereocenters. The van der Waals surface area contributed by atoms with Crippen molar-refractivity contribution in [2.45, 2.75) is 18.1 Å². The van der Waals surface area contributed by atoms with Gasteiger partial charge in [0.15, 0.2) is 0 Å². The van der Waals surface area contributed by atoms with Crippen molar-refractivity contribution in [2.24, 2.45) is 0 Å². The van der Waals surface area contributed by atoms with Crippen molar-refractivity contribution in [1.82, 2.24) is 5.32 Å². The summed E-state index contributed by atoms with van der Waals surface area (Å²) >= 11 is 0. The first-order chi connectivity index (χ1) is 7.39. The molecule has 1 rings (SSSR count). The standard InChI is InChI=1S/C11H17NO3S/c1-11(9-12-2,16(13,14)15)8-10-6-4-3-5-7-10/h3-7,12H,8-9H2,1-2H3,(H,13,14,15)/p-1. The number of hydrogen-bond acceptors (Lipinski definition) is 4. The van der Waals surface area contributed by atoms with Crippen molar-refractivity contribution < 1.29 is 13.0 Å². The average Bonchev–Trinajstić information content (AvgIpc) is 2.17. The van der Waals surface area contributed by atoms with Crippen LogP contribution < -0.4 is 5.32 Å². The van der Waals surface area contributed by atoms with Gasteiger partial charge >= 0.3 is 0 Å². The molecule has 16 heavy (non-hydrogen) atoms. The second-order valence-corrected chi connectivity index (χ2v) is 5.99. The molecule has 1 N–H and O–H groups in total. The third kappa shape index (κ3) is 3.04. The monoisotopic (exact) mass is 242 g/mol. The van der Waals surface area contributed by atoms with Crippen LogP contribution in [-0.2, 0) is 16.5 Å². The molecule has 0 fully saturated rings. The summed E-state index contributed by atoms with van der Waals surface area (Å²) in [5.74, 6) is 0. The minimum absolute atomic E-state index is 0.147. The Hall–Kier alpha value is -0.910. The van der Waals surface area contributed by atoms with E-state index in [1.807, 2.05) is 30.3 Å². The molecular weight excluding hydrogens is 226 g/mol. The Morgan fingerprint density at radius 3 is 2.31 bits per heavy atom. The zero-order valence-corrected chi connectivity index (χ0v) is 10.3. The fourth-order valence-corrected chi connectivity index (χ4v) is 2.31. The van der Waals surface area contributed by atoms with Crippen LogP contribution in [-0.4, -0.2) is 31.3 Å². The lowest BCUT2D eigenvalue weighted by molar-refractivity contribution is 0.407. The maximum atomic E-state index is 11.3. The lowest BCUT2D eigenvalue weighted by Gasteiger charge is -2.32. The molecule has 1 aromatic rings. The summed E-state index contributed by atoms with van der Waals surface area (Å²) in [6.45, 7) is 1.62. The first-order valence-corrected chi connectivity index (χ1v) is 6.44. The van der Waals surface area contributed by atoms with Gasteiger partial charge in [-0.25, -0.2) is 8.42 Å². The Morgan fingerprint density at radius 1 is 1.31 bits per heavy atom. The summed E-state index contributed by atoms with van der Waals surface area (Å²) < 4.78 is 32.5. The van der Waals surface area contributed by atoms with Crippen LogP contribution >= 0.6 is 0 Å². The summed E-state index contributed by atoms with van der Waals surface area (Å²) in [5, 5.41) is 2.76. The smallest absolute Gasteiger partial charge is 0.102 e. The minimum atomic E-state index is -4.34. The molecule has 0 amide bonds. The molecule has 0 aliphatic rings. The lowest BCUT2D eigenvalue weighted by Crippen LogP contribution is -2.45. The van der Waals surface area contributed by atoms with Crippen LogP contribution in [0.25, 0.3) is 0 Å². The molecule has 0 saturated heterocycles. The SMILES string of the molecule is CNCC(C)(Cc1ccccc1)S(=O)(=O)[O-]. The second kappa shape index (κ2) is 4.95. The minimum Gasteiger partial charge on any atom is -0.747 e. The molecule has 0 aromatic heterocycles. The third-order valence-corrected chi connectivity index (χ3v) is 4.07. The van der Waals surface area contributed by atoms with E-state index in [0.717, 1.165) is 5.56 Å². The van der Waals surface area contributed by atoms with Gasteiger partial charge in [-0.15, -0.1) is 0 Å². The molecule has 0 heterocycles. The van der Waals surface area contributed by atoms with Crippen LogP contribution in [0.3, 0.4) is 0 Å². The molecular formula is C11H16NO3S-. The van der Waals surface area contributed by atoms with Crippen molar-refractivity contribution in [2.75, 3.05) is 13.6 Å². The fourth-order valence-electron chi connectivity index (χ4n) is 1.64. The van der Waals surface area contributed by atoms with Crippen LogP contribution in [0.5, 0.6) is 0 Å². The zero-order chi connectivity index (χ0) is 12.2. The Morgan fingerprint density at radius 2 is 1.88 bits per heavy atom. The zero-order valence-electron chi connectivity index (χ0n) is 9.43. The Bertz CT molecular complexity index is 430. The van der Waals surface area contributed by atoms with Crippen LogP contribution in [0.15, 0.2) is 30.3 Å². The molecule has 0 spiro atoms. The van der Waals surface area contributed by atoms with Gasteiger partial charge in [-0.3, -0.25) is 0 Å². The Kier molecular flexibility index (Phi) is 4.07. The van der Waals surface area contributed by atoms with E-state index in [4.69, 9.17) is 0 Å². The van der Waals surface area contributed by atoms with E-state index in [9.17, 15) is 13.0 Å². The van der Waals surface area contributed by atoms with Gasteiger partial charge in [0.2, 0.25) is 0 Å². The van der Waals surface area contributed by atoms with E-state index < -0.39 is 14.9 Å². The highest BCUT2D eigenvalue weighted by Crippen LogP contribution is 2.20. The third-order valence-electron chi connectivity index (χ3n) is 2.58. The van der Waals surface area contributed by atoms with Crippen LogP contribution in [0.1, 0.15) is 12.5 Å². The van der Waals surface area contributed by atoms with Crippen molar-refractivity contribution >= 4 is 10.1 Å². The Labute approximate surface area is 96.4 Å². The van der Waals surface area contributed by atoms with Gasteiger partial charge in [-0.2, -0.15) is 0 Å². The Balaban J connectivity index is 2.97. The maximum absolute atomic E-state index is 11.3. The van der Waals surface area contributed by atoms with Crippen LogP contribution in [0, 0.1) is 0 Å². The summed E-state index contributed by atoms with van der Waals surface area (Å²) in [6, 6.07) is 9.14. The number of rotatable bonds is 5. The molecule has 0 radical (unpaired) electrons. The van der Waals surface area contributed by atoms with E-state index in [0.29, 0.717) is 0 Å². The molecule has 0 saturated carbocycles. The van der Waals surface area contributed by atoms with Crippen LogP contribution in [0.4, 0.5) is 0 Å². The van der Waals surface area contributed by atoms with Gasteiger partial charge in [0.25, 0.3) is 0 Å². The largest absolute Gasteiger partial charge is 0.747 e. The predicted molar refractivity (Wildman–Crippen MR) is 62.2 cm³/mol. The normalized spacial score (nSPS) is 15.7. The molecule has 0 aliphatic heterocycles. The van der Waals surface area contributed by atoms with Crippen LogP contribution in [0.2, 0.25) is 0 Å². The molecule has 90 valence electrons. The summed E-state index contributed by atoms with van der Waals surface area (Å²) in [6.07, 6.45) is 0.223. The molecule has 5 heteroatoms. The highest BCUT2D eigenvalue weighted by atomic mass is 32.2. The van der Waals surface area contributed by atoms with E-state index in [1.54, 1.807) is 7.05 Å². The first kappa shape index (κ1) is 13.2. The van der Waals surface area contributed by atoms with Gasteiger partial charge in [-0.1, -0.05) is 30.3 Å². The number of nitrogens with one attached hydrogen (secondary N) is 1. The molecule has 0 bridgehead atoms. The van der Waals surface area contributed by atoms with Crippen molar-refractivity contribution in [3.63, 3.8) is 0 Å². The molecule has 1 aromatic carbocycles. The topological polar surface area (TPSA) is 69.2 Å². The first-order valence-electron chi connectivity index (χ1n) is 5.03. The maximum Gasteiger partial charge on any atom is 0.102 e. The number of hydrogen-bond donors (Lipinski definition) is 1. The summed E-state index contributed by atoms with van der Waals surface area (Å²) in [7, 11) is -2.70. The van der Waals surface area contributed by atoms with Gasteiger partial charge in [0.1, 0.15) is 10.1 Å². The second-order valence-electron chi connectivity index (χ2n) is 4.10. The van der Waals surface area contributed by atoms with Gasteiger partial charge in [0.05, 0.1) is 4.75 Å². The van der Waals surface area contributed by atoms with Gasteiger partial charge in [-0.05, 0) is 26.0 Å². The molecule has 0 aliphatic carbocycles. The quantitative estimate of drug-likeness (QED) is 0.774. The van der Waals surface area contributed by atoms with Gasteiger partial charge in [0, 0.05) is 6.54 Å². The predicted octanol–water partition coefficient (Wildman–Crippen LogP) is 0.752. The van der Waals surface area contributed by atoms with E-state index in [2.05, 4.69) is 5.32 Å². The average molecular weight is 242 g/mol. The van der Waals surface area contributed by atoms with Crippen molar-refractivity contribution in [3.8, 4) is 0 Å². The number of benzene rings is 1. The van der Waals surface area contributed by atoms with E-state index in [1.165, 1.54) is 6.92 Å². The summed E-state index contributed by atoms with van der Waals surface area (Å²) in [5.41, 5.74) is 0.847. The van der Waals surface area contributed by atoms with E-state index >= 15 is 0 Å². The van der Waals surface area contributed by atoms with Crippen molar-refractivity contribution in [1.29, 1.82) is 0 Å².